The maximum atomic E-state index is 12.1. The highest BCUT2D eigenvalue weighted by Gasteiger charge is 2.32. The summed E-state index contributed by atoms with van der Waals surface area (Å²) in [6.07, 6.45) is -0.200. The van der Waals surface area contributed by atoms with Crippen LogP contribution in [0, 0.1) is 11.3 Å². The molecule has 1 aliphatic heterocycles. The lowest BCUT2D eigenvalue weighted by molar-refractivity contribution is -0.131. The normalized spacial score (nSPS) is 19.9. The lowest BCUT2D eigenvalue weighted by Gasteiger charge is -2.28. The van der Waals surface area contributed by atoms with Crippen molar-refractivity contribution in [1.29, 1.82) is 5.26 Å². The van der Waals surface area contributed by atoms with E-state index in [4.69, 9.17) is 14.7 Å². The molecule has 0 radical (unpaired) electrons. The Balaban J connectivity index is 2.06. The minimum Gasteiger partial charge on any atom is -0.485 e. The van der Waals surface area contributed by atoms with Crippen molar-refractivity contribution >= 4 is 5.91 Å². The van der Waals surface area contributed by atoms with Crippen LogP contribution in [0.3, 0.4) is 0 Å². The number of nitriles is 1. The summed E-state index contributed by atoms with van der Waals surface area (Å²) in [5.74, 6) is 0.842. The zero-order valence-corrected chi connectivity index (χ0v) is 11.0. The topological polar surface area (TPSA) is 71.4 Å². The Labute approximate surface area is 112 Å². The molecule has 0 bridgehead atoms. The summed E-state index contributed by atoms with van der Waals surface area (Å²) < 4.78 is 11.1. The predicted molar refractivity (Wildman–Crippen MR) is 68.8 cm³/mol. The Hall–Kier alpha value is -2.22. The number of fused-ring (bicyclic) bond motifs is 1. The summed E-state index contributed by atoms with van der Waals surface area (Å²) >= 11 is 0. The molecule has 1 aromatic rings. The smallest absolute Gasteiger partial charge is 0.265 e. The van der Waals surface area contributed by atoms with E-state index in [1.807, 2.05) is 19.1 Å². The third-order valence-electron chi connectivity index (χ3n) is 3.15. The lowest BCUT2D eigenvalue weighted by atomic mass is 10.0. The molecule has 19 heavy (non-hydrogen) atoms. The number of hydrogen-bond acceptors (Lipinski definition) is 4. The first-order chi connectivity index (χ1) is 9.08. The van der Waals surface area contributed by atoms with Gasteiger partial charge < -0.3 is 14.8 Å². The number of nitrogens with zero attached hydrogens (tertiary/aromatic N) is 1. The first kappa shape index (κ1) is 13.2. The number of hydrogen-bond donors (Lipinski definition) is 1. The van der Waals surface area contributed by atoms with Gasteiger partial charge in [0.25, 0.3) is 5.91 Å². The van der Waals surface area contributed by atoms with E-state index < -0.39 is 11.6 Å². The van der Waals surface area contributed by atoms with E-state index in [1.54, 1.807) is 19.1 Å². The van der Waals surface area contributed by atoms with Crippen LogP contribution in [-0.4, -0.2) is 24.2 Å². The Kier molecular flexibility index (Phi) is 3.61. The van der Waals surface area contributed by atoms with Crippen molar-refractivity contribution in [2.24, 2.45) is 0 Å². The van der Waals surface area contributed by atoms with E-state index in [2.05, 4.69) is 11.4 Å². The number of nitrogens with one attached hydrogen (secondary N) is 1. The Bertz CT molecular complexity index is 524. The predicted octanol–water partition coefficient (Wildman–Crippen LogP) is 1.63. The van der Waals surface area contributed by atoms with Crippen molar-refractivity contribution < 1.29 is 14.3 Å². The third-order valence-corrected chi connectivity index (χ3v) is 3.15. The van der Waals surface area contributed by atoms with Crippen LogP contribution in [0.15, 0.2) is 24.3 Å². The number of ether oxygens (including phenoxy) is 2. The summed E-state index contributed by atoms with van der Waals surface area (Å²) in [6.45, 7) is 3.67. The summed E-state index contributed by atoms with van der Waals surface area (Å²) in [5, 5.41) is 11.7. The Morgan fingerprint density at radius 1 is 1.53 bits per heavy atom. The van der Waals surface area contributed by atoms with Crippen molar-refractivity contribution in [2.75, 3.05) is 6.61 Å². The van der Waals surface area contributed by atoms with Gasteiger partial charge >= 0.3 is 0 Å². The van der Waals surface area contributed by atoms with Crippen molar-refractivity contribution in [1.82, 2.24) is 5.32 Å². The molecular formula is C14H16N2O3. The number of amides is 1. The minimum absolute atomic E-state index is 0.147. The van der Waals surface area contributed by atoms with Crippen LogP contribution in [0.5, 0.6) is 11.5 Å². The maximum Gasteiger partial charge on any atom is 0.265 e. The van der Waals surface area contributed by atoms with Gasteiger partial charge in [0.05, 0.1) is 6.07 Å². The molecule has 1 heterocycles. The standard InChI is InChI=1S/C14H16N2O3/c1-3-14(2,9-15)16-13(17)12-8-18-10-6-4-5-7-11(10)19-12/h4-7,12H,3,8H2,1-2H3,(H,16,17)/t12-,14-/m1/s1. The molecule has 0 aromatic heterocycles. The van der Waals surface area contributed by atoms with Crippen LogP contribution in [0.1, 0.15) is 20.3 Å². The summed E-state index contributed by atoms with van der Waals surface area (Å²) in [4.78, 5) is 12.1. The molecule has 2 rings (SSSR count). The second-order valence-corrected chi connectivity index (χ2v) is 4.65. The molecule has 0 unspecified atom stereocenters. The maximum absolute atomic E-state index is 12.1. The molecule has 1 amide bonds. The van der Waals surface area contributed by atoms with Crippen LogP contribution in [0.4, 0.5) is 0 Å². The average molecular weight is 260 g/mol. The van der Waals surface area contributed by atoms with Gasteiger partial charge in [-0.2, -0.15) is 5.26 Å². The van der Waals surface area contributed by atoms with Crippen molar-refractivity contribution in [3.8, 4) is 17.6 Å². The fourth-order valence-electron chi connectivity index (χ4n) is 1.70. The van der Waals surface area contributed by atoms with Crippen molar-refractivity contribution in [2.45, 2.75) is 31.9 Å². The van der Waals surface area contributed by atoms with Crippen LogP contribution in [0.25, 0.3) is 0 Å². The van der Waals surface area contributed by atoms with E-state index in [1.165, 1.54) is 0 Å². The monoisotopic (exact) mass is 260 g/mol. The SMILES string of the molecule is CC[C@](C)(C#N)NC(=O)[C@H]1COc2ccccc2O1. The molecule has 100 valence electrons. The zero-order valence-electron chi connectivity index (χ0n) is 11.0. The van der Waals surface area contributed by atoms with E-state index in [9.17, 15) is 4.79 Å². The Morgan fingerprint density at radius 3 is 2.84 bits per heavy atom. The van der Waals surface area contributed by atoms with Gasteiger partial charge in [-0.3, -0.25) is 4.79 Å². The van der Waals surface area contributed by atoms with Gasteiger partial charge in [-0.1, -0.05) is 19.1 Å². The van der Waals surface area contributed by atoms with Crippen LogP contribution in [-0.2, 0) is 4.79 Å². The van der Waals surface area contributed by atoms with E-state index in [-0.39, 0.29) is 12.5 Å². The van der Waals surface area contributed by atoms with Gasteiger partial charge in [-0.25, -0.2) is 0 Å². The highest BCUT2D eigenvalue weighted by Crippen LogP contribution is 2.31. The molecule has 1 aromatic carbocycles. The highest BCUT2D eigenvalue weighted by molar-refractivity contribution is 5.82. The van der Waals surface area contributed by atoms with Gasteiger partial charge in [-0.05, 0) is 25.5 Å². The first-order valence-corrected chi connectivity index (χ1v) is 6.20. The molecule has 1 N–H and O–H groups in total. The van der Waals surface area contributed by atoms with Crippen LogP contribution >= 0.6 is 0 Å². The molecule has 0 aliphatic carbocycles. The molecule has 0 spiro atoms. The molecule has 2 atom stereocenters. The molecule has 5 heteroatoms. The van der Waals surface area contributed by atoms with E-state index in [0.29, 0.717) is 17.9 Å². The largest absolute Gasteiger partial charge is 0.485 e. The summed E-state index contributed by atoms with van der Waals surface area (Å²) in [5.41, 5.74) is -0.878. The fourth-order valence-corrected chi connectivity index (χ4v) is 1.70. The molecule has 5 nitrogen and oxygen atoms in total. The summed E-state index contributed by atoms with van der Waals surface area (Å²) in [7, 11) is 0. The number of benzene rings is 1. The molecular weight excluding hydrogens is 244 g/mol. The average Bonchev–Trinajstić information content (AvgIpc) is 2.46. The molecule has 1 aliphatic rings. The molecule has 0 saturated carbocycles. The number of para-hydroxylation sites is 2. The first-order valence-electron chi connectivity index (χ1n) is 6.20. The molecule has 0 fully saturated rings. The quantitative estimate of drug-likeness (QED) is 0.896. The van der Waals surface area contributed by atoms with Gasteiger partial charge in [0.15, 0.2) is 11.5 Å². The summed E-state index contributed by atoms with van der Waals surface area (Å²) in [6, 6.07) is 9.28. The minimum atomic E-state index is -0.878. The van der Waals surface area contributed by atoms with Crippen LogP contribution < -0.4 is 14.8 Å². The van der Waals surface area contributed by atoms with Crippen LogP contribution in [0.2, 0.25) is 0 Å². The second kappa shape index (κ2) is 5.19. The van der Waals surface area contributed by atoms with Crippen molar-refractivity contribution in [3.05, 3.63) is 24.3 Å². The van der Waals surface area contributed by atoms with Gasteiger partial charge in [0.2, 0.25) is 6.10 Å². The number of rotatable bonds is 3. The second-order valence-electron chi connectivity index (χ2n) is 4.65. The molecule has 0 saturated heterocycles. The fraction of sp³-hybridized carbons (Fsp3) is 0.429. The third kappa shape index (κ3) is 2.79. The lowest BCUT2D eigenvalue weighted by Crippen LogP contribution is -2.52. The van der Waals surface area contributed by atoms with Gasteiger partial charge in [0.1, 0.15) is 12.1 Å². The van der Waals surface area contributed by atoms with Gasteiger partial charge in [0, 0.05) is 0 Å². The number of carbonyl (C=O) groups excluding carboxylic acids is 1. The zero-order chi connectivity index (χ0) is 13.9. The van der Waals surface area contributed by atoms with E-state index >= 15 is 0 Å². The highest BCUT2D eigenvalue weighted by atomic mass is 16.6. The number of carbonyl (C=O) groups is 1. The van der Waals surface area contributed by atoms with Crippen molar-refractivity contribution in [3.63, 3.8) is 0 Å². The van der Waals surface area contributed by atoms with Gasteiger partial charge in [-0.15, -0.1) is 0 Å². The Morgan fingerprint density at radius 2 is 2.21 bits per heavy atom. The van der Waals surface area contributed by atoms with E-state index in [0.717, 1.165) is 0 Å².